The molecule has 0 amide bonds. The van der Waals surface area contributed by atoms with Crippen LogP contribution in [-0.4, -0.2) is 17.5 Å². The van der Waals surface area contributed by atoms with Crippen molar-refractivity contribution in [3.05, 3.63) is 35.1 Å². The second kappa shape index (κ2) is 7.63. The summed E-state index contributed by atoms with van der Waals surface area (Å²) in [5, 5.41) is 0. The maximum absolute atomic E-state index is 13.6. The Labute approximate surface area is 115 Å². The number of unbranched alkanes of at least 4 members (excludes halogenated alkanes) is 2. The summed E-state index contributed by atoms with van der Waals surface area (Å²) >= 11 is 2.35. The molecule has 0 bridgehead atoms. The quantitative estimate of drug-likeness (QED) is 0.338. The highest BCUT2D eigenvalue weighted by Crippen LogP contribution is 2.14. The van der Waals surface area contributed by atoms with Gasteiger partial charge in [-0.15, -0.1) is 0 Å². The first-order valence-electron chi connectivity index (χ1n) is 5.61. The van der Waals surface area contributed by atoms with Crippen LogP contribution in [0.25, 0.3) is 0 Å². The van der Waals surface area contributed by atoms with Crippen LogP contribution in [0.5, 0.6) is 0 Å². The van der Waals surface area contributed by atoms with Gasteiger partial charge in [-0.05, 0) is 41.4 Å². The highest BCUT2D eigenvalue weighted by molar-refractivity contribution is 14.1. The molecule has 0 aliphatic heterocycles. The van der Waals surface area contributed by atoms with E-state index in [9.17, 15) is 9.18 Å². The van der Waals surface area contributed by atoms with Crippen molar-refractivity contribution in [2.24, 2.45) is 0 Å². The number of hydrogen-bond acceptors (Lipinski definition) is 2. The molecule has 0 aromatic heterocycles. The highest BCUT2D eigenvalue weighted by Gasteiger charge is 2.11. The summed E-state index contributed by atoms with van der Waals surface area (Å²) in [6.07, 6.45) is 4.27. The molecule has 0 atom stereocenters. The van der Waals surface area contributed by atoms with Gasteiger partial charge in [0, 0.05) is 0 Å². The van der Waals surface area contributed by atoms with E-state index in [4.69, 9.17) is 0 Å². The molecular formula is C13H16FIO2. The standard InChI is InChI=1S/C13H16FIO2/c1-17-13(16)11-7-6-10(9-12(11)14)5-3-2-4-8-15/h6-7,9H,2-5,8H2,1H3. The zero-order chi connectivity index (χ0) is 12.7. The predicted molar refractivity (Wildman–Crippen MR) is 74.2 cm³/mol. The second-order valence-corrected chi connectivity index (χ2v) is 4.88. The number of rotatable bonds is 6. The Hall–Kier alpha value is -0.650. The normalized spacial score (nSPS) is 10.3. The molecular weight excluding hydrogens is 334 g/mol. The lowest BCUT2D eigenvalue weighted by atomic mass is 10.0. The van der Waals surface area contributed by atoms with Crippen molar-refractivity contribution in [2.75, 3.05) is 11.5 Å². The third-order valence-electron chi connectivity index (χ3n) is 2.54. The van der Waals surface area contributed by atoms with Gasteiger partial charge in [0.1, 0.15) is 5.82 Å². The van der Waals surface area contributed by atoms with Gasteiger partial charge in [-0.1, -0.05) is 35.1 Å². The van der Waals surface area contributed by atoms with Crippen LogP contribution in [0.1, 0.15) is 35.2 Å². The van der Waals surface area contributed by atoms with Crippen molar-refractivity contribution in [3.63, 3.8) is 0 Å². The van der Waals surface area contributed by atoms with Crippen LogP contribution >= 0.6 is 22.6 Å². The zero-order valence-corrected chi connectivity index (χ0v) is 12.0. The fourth-order valence-corrected chi connectivity index (χ4v) is 2.13. The number of aryl methyl sites for hydroxylation is 1. The molecule has 0 heterocycles. The zero-order valence-electron chi connectivity index (χ0n) is 9.84. The first-order chi connectivity index (χ1) is 8.19. The maximum atomic E-state index is 13.6. The number of halogens is 2. The van der Waals surface area contributed by atoms with Gasteiger partial charge in [0.25, 0.3) is 0 Å². The largest absolute Gasteiger partial charge is 0.465 e. The van der Waals surface area contributed by atoms with E-state index in [0.717, 1.165) is 29.3 Å². The van der Waals surface area contributed by atoms with Gasteiger partial charge in [-0.3, -0.25) is 0 Å². The van der Waals surface area contributed by atoms with E-state index in [1.165, 1.54) is 25.7 Å². The Balaban J connectivity index is 2.59. The van der Waals surface area contributed by atoms with Crippen molar-refractivity contribution in [1.82, 2.24) is 0 Å². The third-order valence-corrected chi connectivity index (χ3v) is 3.30. The van der Waals surface area contributed by atoms with Gasteiger partial charge in [0.15, 0.2) is 0 Å². The molecule has 0 unspecified atom stereocenters. The first kappa shape index (κ1) is 14.4. The first-order valence-corrected chi connectivity index (χ1v) is 7.14. The minimum absolute atomic E-state index is 0.00325. The fourth-order valence-electron chi connectivity index (χ4n) is 1.59. The van der Waals surface area contributed by atoms with Crippen LogP contribution in [0.2, 0.25) is 0 Å². The highest BCUT2D eigenvalue weighted by atomic mass is 127. The summed E-state index contributed by atoms with van der Waals surface area (Å²) in [4.78, 5) is 11.2. The maximum Gasteiger partial charge on any atom is 0.340 e. The van der Waals surface area contributed by atoms with Gasteiger partial charge >= 0.3 is 5.97 Å². The van der Waals surface area contributed by atoms with E-state index in [-0.39, 0.29) is 5.56 Å². The van der Waals surface area contributed by atoms with E-state index < -0.39 is 11.8 Å². The van der Waals surface area contributed by atoms with E-state index in [0.29, 0.717) is 0 Å². The van der Waals surface area contributed by atoms with Gasteiger partial charge in [0.2, 0.25) is 0 Å². The topological polar surface area (TPSA) is 26.3 Å². The Bertz CT molecular complexity index is 380. The molecule has 17 heavy (non-hydrogen) atoms. The van der Waals surface area contributed by atoms with Gasteiger partial charge < -0.3 is 4.74 Å². The van der Waals surface area contributed by atoms with Crippen LogP contribution in [0.3, 0.4) is 0 Å². The Morgan fingerprint density at radius 1 is 1.35 bits per heavy atom. The summed E-state index contributed by atoms with van der Waals surface area (Å²) in [6, 6.07) is 4.71. The fraction of sp³-hybridized carbons (Fsp3) is 0.462. The van der Waals surface area contributed by atoms with Crippen molar-refractivity contribution in [3.8, 4) is 0 Å². The van der Waals surface area contributed by atoms with E-state index >= 15 is 0 Å². The summed E-state index contributed by atoms with van der Waals surface area (Å²) in [5.41, 5.74) is 0.937. The lowest BCUT2D eigenvalue weighted by Crippen LogP contribution is -2.04. The molecule has 0 saturated carbocycles. The smallest absolute Gasteiger partial charge is 0.340 e. The van der Waals surface area contributed by atoms with Gasteiger partial charge in [-0.2, -0.15) is 0 Å². The molecule has 0 radical (unpaired) electrons. The lowest BCUT2D eigenvalue weighted by molar-refractivity contribution is 0.0595. The van der Waals surface area contributed by atoms with Crippen LogP contribution in [-0.2, 0) is 11.2 Å². The SMILES string of the molecule is COC(=O)c1ccc(CCCCCI)cc1F. The van der Waals surface area contributed by atoms with Crippen molar-refractivity contribution >= 4 is 28.6 Å². The molecule has 94 valence electrons. The van der Waals surface area contributed by atoms with E-state index in [1.807, 2.05) is 0 Å². The van der Waals surface area contributed by atoms with Gasteiger partial charge in [-0.25, -0.2) is 9.18 Å². The number of carbonyl (C=O) groups excluding carboxylic acids is 1. The number of carbonyl (C=O) groups is 1. The number of hydrogen-bond donors (Lipinski definition) is 0. The number of ether oxygens (including phenoxy) is 1. The van der Waals surface area contributed by atoms with Crippen molar-refractivity contribution < 1.29 is 13.9 Å². The Morgan fingerprint density at radius 3 is 2.71 bits per heavy atom. The minimum atomic E-state index is -0.626. The number of benzene rings is 1. The van der Waals surface area contributed by atoms with E-state index in [1.54, 1.807) is 6.07 Å². The molecule has 4 heteroatoms. The van der Waals surface area contributed by atoms with Crippen LogP contribution in [0, 0.1) is 5.82 Å². The summed E-state index contributed by atoms with van der Waals surface area (Å²) in [7, 11) is 1.25. The van der Waals surface area contributed by atoms with Gasteiger partial charge in [0.05, 0.1) is 12.7 Å². The number of alkyl halides is 1. The summed E-state index contributed by atoms with van der Waals surface area (Å²) < 4.78 is 19.2. The molecule has 0 N–H and O–H groups in total. The van der Waals surface area contributed by atoms with Crippen LogP contribution in [0.15, 0.2) is 18.2 Å². The molecule has 1 aromatic carbocycles. The number of esters is 1. The molecule has 0 aliphatic rings. The number of methoxy groups -OCH3 is 1. The van der Waals surface area contributed by atoms with Crippen molar-refractivity contribution in [1.29, 1.82) is 0 Å². The van der Waals surface area contributed by atoms with E-state index in [2.05, 4.69) is 27.3 Å². The molecule has 1 aromatic rings. The monoisotopic (exact) mass is 350 g/mol. The molecule has 0 spiro atoms. The average Bonchev–Trinajstić information content (AvgIpc) is 2.34. The van der Waals surface area contributed by atoms with Crippen LogP contribution in [0.4, 0.5) is 4.39 Å². The summed E-state index contributed by atoms with van der Waals surface area (Å²) in [5.74, 6) is -1.12. The lowest BCUT2D eigenvalue weighted by Gasteiger charge is -2.04. The van der Waals surface area contributed by atoms with Crippen LogP contribution < -0.4 is 0 Å². The molecule has 2 nitrogen and oxygen atoms in total. The average molecular weight is 350 g/mol. The van der Waals surface area contributed by atoms with Crippen molar-refractivity contribution in [2.45, 2.75) is 25.7 Å². The minimum Gasteiger partial charge on any atom is -0.465 e. The Morgan fingerprint density at radius 2 is 2.12 bits per heavy atom. The summed E-state index contributed by atoms with van der Waals surface area (Å²) in [6.45, 7) is 0. The predicted octanol–water partition coefficient (Wildman–Crippen LogP) is 3.76. The Kier molecular flexibility index (Phi) is 6.47. The molecule has 0 aliphatic carbocycles. The second-order valence-electron chi connectivity index (χ2n) is 3.81. The molecule has 1 rings (SSSR count). The molecule has 0 fully saturated rings. The third kappa shape index (κ3) is 4.61. The molecule has 0 saturated heterocycles.